The number of alkyl halides is 2. The van der Waals surface area contributed by atoms with Crippen molar-refractivity contribution >= 4 is 23.4 Å². The van der Waals surface area contributed by atoms with E-state index in [4.69, 9.17) is 16.3 Å². The molecule has 2 rings (SSSR count). The number of pyridine rings is 2. The molecule has 1 unspecified atom stereocenters. The van der Waals surface area contributed by atoms with Crippen LogP contribution in [0, 0.1) is 5.92 Å². The van der Waals surface area contributed by atoms with Crippen molar-refractivity contribution < 1.29 is 23.1 Å². The van der Waals surface area contributed by atoms with Crippen LogP contribution in [0.5, 0.6) is 5.88 Å². The lowest BCUT2D eigenvalue weighted by atomic mass is 10.1. The van der Waals surface area contributed by atoms with E-state index in [-0.39, 0.29) is 28.6 Å². The molecule has 0 spiro atoms. The fourth-order valence-electron chi connectivity index (χ4n) is 2.64. The van der Waals surface area contributed by atoms with E-state index >= 15 is 0 Å². The number of aromatic nitrogens is 2. The largest absolute Gasteiger partial charge is 0.471 e. The topological polar surface area (TPSA) is 93.2 Å². The molecule has 2 heterocycles. The van der Waals surface area contributed by atoms with Gasteiger partial charge in [0.2, 0.25) is 11.8 Å². The zero-order valence-corrected chi connectivity index (χ0v) is 18.2. The maximum Gasteiger partial charge on any atom is 0.272 e. The number of nitrogens with zero attached hydrogens (tertiary/aromatic N) is 2. The summed E-state index contributed by atoms with van der Waals surface area (Å²) in [6, 6.07) is 4.35. The van der Waals surface area contributed by atoms with Gasteiger partial charge in [0, 0.05) is 31.3 Å². The fraction of sp³-hybridized carbons (Fsp3) is 0.429. The Kier molecular flexibility index (Phi) is 9.11. The van der Waals surface area contributed by atoms with Crippen molar-refractivity contribution in [3.8, 4) is 5.88 Å². The summed E-state index contributed by atoms with van der Waals surface area (Å²) in [5.41, 5.74) is 1.53. The third kappa shape index (κ3) is 7.43. The lowest BCUT2D eigenvalue weighted by molar-refractivity contribution is -0.123. The Bertz CT molecular complexity index is 912. The molecule has 0 radical (unpaired) electrons. The summed E-state index contributed by atoms with van der Waals surface area (Å²) in [6.07, 6.45) is 0.758. The predicted molar refractivity (Wildman–Crippen MR) is 112 cm³/mol. The summed E-state index contributed by atoms with van der Waals surface area (Å²) in [6.45, 7) is 4.90. The zero-order chi connectivity index (χ0) is 23.0. The van der Waals surface area contributed by atoms with E-state index in [0.717, 1.165) is 0 Å². The fourth-order valence-corrected chi connectivity index (χ4v) is 2.86. The minimum atomic E-state index is -2.64. The highest BCUT2D eigenvalue weighted by molar-refractivity contribution is 6.31. The minimum absolute atomic E-state index is 0.0686. The first kappa shape index (κ1) is 24.5. The molecule has 0 aliphatic rings. The van der Waals surface area contributed by atoms with E-state index in [1.54, 1.807) is 39.1 Å². The summed E-state index contributed by atoms with van der Waals surface area (Å²) in [5, 5.41) is 5.71. The summed E-state index contributed by atoms with van der Waals surface area (Å²) < 4.78 is 29.4. The third-order valence-electron chi connectivity index (χ3n) is 4.34. The van der Waals surface area contributed by atoms with Gasteiger partial charge in [0.1, 0.15) is 5.02 Å². The van der Waals surface area contributed by atoms with E-state index in [2.05, 4.69) is 20.6 Å². The second-order valence-corrected chi connectivity index (χ2v) is 7.55. The number of carbonyl (C=O) groups excluding carboxylic acids is 2. The maximum atomic E-state index is 12.8. The van der Waals surface area contributed by atoms with Gasteiger partial charge in [-0.15, -0.1) is 0 Å². The first-order valence-electron chi connectivity index (χ1n) is 9.77. The van der Waals surface area contributed by atoms with E-state index in [1.165, 1.54) is 12.3 Å². The number of carbonyl (C=O) groups is 2. The van der Waals surface area contributed by atoms with Crippen LogP contribution < -0.4 is 15.4 Å². The number of nitrogens with one attached hydrogen (secondary N) is 2. The van der Waals surface area contributed by atoms with Gasteiger partial charge in [0.25, 0.3) is 12.3 Å². The van der Waals surface area contributed by atoms with Gasteiger partial charge in [-0.05, 0) is 30.7 Å². The van der Waals surface area contributed by atoms with Crippen LogP contribution >= 0.6 is 11.6 Å². The van der Waals surface area contributed by atoms with Crippen LogP contribution in [0.2, 0.25) is 5.02 Å². The Hall–Kier alpha value is -2.81. The molecule has 1 atom stereocenters. The molecule has 10 heteroatoms. The van der Waals surface area contributed by atoms with Gasteiger partial charge in [-0.3, -0.25) is 14.6 Å². The van der Waals surface area contributed by atoms with E-state index in [0.29, 0.717) is 29.8 Å². The van der Waals surface area contributed by atoms with Crippen molar-refractivity contribution in [1.29, 1.82) is 0 Å². The number of rotatable bonds is 10. The van der Waals surface area contributed by atoms with Crippen LogP contribution in [0.25, 0.3) is 0 Å². The number of ether oxygens (including phenoxy) is 1. The standard InChI is InChI=1S/C21H25ClF2N4O3/c1-12(2)19(29)26-8-6-17-15(5-4-7-25-17)20(30)28-13(3)14-9-16(22)21(27-10-14)31-11-18(23)24/h4-5,7,9-10,12-13,18H,6,8,11H2,1-3H3,(H,26,29)(H,28,30). The number of hydrogen-bond donors (Lipinski definition) is 2. The van der Waals surface area contributed by atoms with E-state index < -0.39 is 19.1 Å². The van der Waals surface area contributed by atoms with Gasteiger partial charge in [-0.25, -0.2) is 13.8 Å². The van der Waals surface area contributed by atoms with Crippen molar-refractivity contribution in [2.24, 2.45) is 5.92 Å². The molecule has 0 fully saturated rings. The summed E-state index contributed by atoms with van der Waals surface area (Å²) >= 11 is 6.05. The van der Waals surface area contributed by atoms with Crippen LogP contribution in [0.1, 0.15) is 48.4 Å². The highest BCUT2D eigenvalue weighted by Crippen LogP contribution is 2.25. The Morgan fingerprint density at radius 1 is 1.23 bits per heavy atom. The Morgan fingerprint density at radius 2 is 1.97 bits per heavy atom. The molecule has 2 aromatic heterocycles. The van der Waals surface area contributed by atoms with Crippen molar-refractivity contribution in [3.05, 3.63) is 52.4 Å². The summed E-state index contributed by atoms with van der Waals surface area (Å²) in [7, 11) is 0. The quantitative estimate of drug-likeness (QED) is 0.572. The number of halogens is 3. The Balaban J connectivity index is 2.03. The highest BCUT2D eigenvalue weighted by atomic mass is 35.5. The van der Waals surface area contributed by atoms with Crippen molar-refractivity contribution in [2.45, 2.75) is 39.7 Å². The molecule has 0 bridgehead atoms. The molecule has 0 saturated carbocycles. The average Bonchev–Trinajstić information content (AvgIpc) is 2.72. The van der Waals surface area contributed by atoms with Gasteiger partial charge in [-0.1, -0.05) is 25.4 Å². The Labute approximate surface area is 184 Å². The SMILES string of the molecule is CC(C)C(=O)NCCc1ncccc1C(=O)NC(C)c1cnc(OCC(F)F)c(Cl)c1. The normalized spacial score (nSPS) is 12.0. The average molecular weight is 455 g/mol. The maximum absolute atomic E-state index is 12.8. The molecule has 0 aliphatic heterocycles. The van der Waals surface area contributed by atoms with E-state index in [1.807, 2.05) is 0 Å². The minimum Gasteiger partial charge on any atom is -0.471 e. The molecular weight excluding hydrogens is 430 g/mol. The first-order valence-corrected chi connectivity index (χ1v) is 10.2. The summed E-state index contributed by atoms with van der Waals surface area (Å²) in [4.78, 5) is 32.7. The third-order valence-corrected chi connectivity index (χ3v) is 4.61. The van der Waals surface area contributed by atoms with Gasteiger partial charge in [-0.2, -0.15) is 0 Å². The van der Waals surface area contributed by atoms with Crippen molar-refractivity contribution in [2.75, 3.05) is 13.2 Å². The molecule has 2 aromatic rings. The van der Waals surface area contributed by atoms with Crippen LogP contribution in [0.4, 0.5) is 8.78 Å². The van der Waals surface area contributed by atoms with Gasteiger partial charge in [0.15, 0.2) is 6.61 Å². The number of hydrogen-bond acceptors (Lipinski definition) is 5. The second kappa shape index (κ2) is 11.5. The molecular formula is C21H25ClF2N4O3. The molecule has 168 valence electrons. The van der Waals surface area contributed by atoms with Crippen LogP contribution in [0.3, 0.4) is 0 Å². The molecule has 31 heavy (non-hydrogen) atoms. The summed E-state index contributed by atoms with van der Waals surface area (Å²) in [5.74, 6) is -0.636. The lowest BCUT2D eigenvalue weighted by Crippen LogP contribution is -2.31. The van der Waals surface area contributed by atoms with Gasteiger partial charge in [0.05, 0.1) is 17.3 Å². The van der Waals surface area contributed by atoms with Gasteiger partial charge >= 0.3 is 0 Å². The molecule has 0 aliphatic carbocycles. The zero-order valence-electron chi connectivity index (χ0n) is 17.5. The molecule has 2 amide bonds. The van der Waals surface area contributed by atoms with Crippen LogP contribution in [-0.4, -0.2) is 41.4 Å². The molecule has 2 N–H and O–H groups in total. The lowest BCUT2D eigenvalue weighted by Gasteiger charge is -2.17. The smallest absolute Gasteiger partial charge is 0.272 e. The second-order valence-electron chi connectivity index (χ2n) is 7.15. The van der Waals surface area contributed by atoms with Crippen molar-refractivity contribution in [3.63, 3.8) is 0 Å². The molecule has 0 aromatic carbocycles. The first-order chi connectivity index (χ1) is 14.7. The van der Waals surface area contributed by atoms with Crippen LogP contribution in [-0.2, 0) is 11.2 Å². The van der Waals surface area contributed by atoms with Crippen LogP contribution in [0.15, 0.2) is 30.6 Å². The Morgan fingerprint density at radius 3 is 2.61 bits per heavy atom. The monoisotopic (exact) mass is 454 g/mol. The highest BCUT2D eigenvalue weighted by Gasteiger charge is 2.18. The van der Waals surface area contributed by atoms with Crippen molar-refractivity contribution in [1.82, 2.24) is 20.6 Å². The molecule has 0 saturated heterocycles. The number of amides is 2. The molecule has 7 nitrogen and oxygen atoms in total. The predicted octanol–water partition coefficient (Wildman–Crippen LogP) is 3.58. The van der Waals surface area contributed by atoms with E-state index in [9.17, 15) is 18.4 Å². The van der Waals surface area contributed by atoms with Gasteiger partial charge < -0.3 is 15.4 Å².